The molecule has 3 heterocycles. The second-order valence-corrected chi connectivity index (χ2v) is 11.2. The lowest BCUT2D eigenvalue weighted by Gasteiger charge is -2.17. The number of halogens is 4. The number of anilines is 5. The molecule has 6 bridgehead atoms. The summed E-state index contributed by atoms with van der Waals surface area (Å²) in [6.45, 7) is 0.312. The smallest absolute Gasteiger partial charge is 0.339 e. The van der Waals surface area contributed by atoms with Crippen molar-refractivity contribution in [2.24, 2.45) is 11.1 Å². The fraction of sp³-hybridized carbons (Fsp3) is 0.280. The number of aromatic nitrogens is 2. The maximum Gasteiger partial charge on any atom is 0.446 e. The number of nitrogens with two attached hydrogens (primary N) is 1. The average Bonchev–Trinajstić information content (AvgIpc) is 3.42. The van der Waals surface area contributed by atoms with Crippen LogP contribution in [0.15, 0.2) is 48.7 Å². The standard InChI is InChI=1S/C23H24ClN7O3S.C2HF3O/c24-19-12-26-23-28-17-3-1-2-14(10-17)4-5-15-11-18(27-21(19)30-23)6-7-20(15)29-22(32)16-8-9-31(13-16)35(25,33)34;3-2(4,5)1-6/h1-3,6-7,10-12,16H,4-5,8-9,13H2,(H,29,32)(H2,25,33,34)(H2,26,27,28,30);1H/t16-;/m1./s1. The highest BCUT2D eigenvalue weighted by Gasteiger charge is 2.33. The van der Waals surface area contributed by atoms with Crippen molar-refractivity contribution in [2.45, 2.75) is 25.4 Å². The van der Waals surface area contributed by atoms with Crippen LogP contribution in [0.2, 0.25) is 5.02 Å². The van der Waals surface area contributed by atoms with Gasteiger partial charge in [0.05, 0.1) is 12.1 Å². The van der Waals surface area contributed by atoms with Crippen LogP contribution in [0, 0.1) is 5.92 Å². The van der Waals surface area contributed by atoms with Gasteiger partial charge in [-0.15, -0.1) is 0 Å². The second kappa shape index (κ2) is 12.4. The molecule has 1 aromatic heterocycles. The Hall–Kier alpha value is -3.79. The maximum atomic E-state index is 13.0. The third kappa shape index (κ3) is 8.36. The first-order valence-corrected chi connectivity index (χ1v) is 14.1. The molecule has 1 saturated heterocycles. The predicted molar refractivity (Wildman–Crippen MR) is 147 cm³/mol. The summed E-state index contributed by atoms with van der Waals surface area (Å²) in [7, 11) is -3.81. The quantitative estimate of drug-likeness (QED) is 0.324. The molecule has 0 aliphatic carbocycles. The molecule has 218 valence electrons. The summed E-state index contributed by atoms with van der Waals surface area (Å²) >= 11 is 6.32. The zero-order valence-electron chi connectivity index (χ0n) is 21.3. The van der Waals surface area contributed by atoms with E-state index < -0.39 is 28.6 Å². The zero-order valence-corrected chi connectivity index (χ0v) is 22.9. The molecule has 16 heteroatoms. The number of nitrogens with one attached hydrogen (secondary N) is 3. The molecule has 3 aromatic rings. The number of alkyl halides is 3. The highest BCUT2D eigenvalue weighted by Crippen LogP contribution is 2.30. The summed E-state index contributed by atoms with van der Waals surface area (Å²) in [5, 5.41) is 15.0. The summed E-state index contributed by atoms with van der Waals surface area (Å²) in [5.41, 5.74) is 4.33. The number of aldehydes is 1. The van der Waals surface area contributed by atoms with Gasteiger partial charge in [-0.25, -0.2) is 10.1 Å². The van der Waals surface area contributed by atoms with Crippen LogP contribution < -0.4 is 21.1 Å². The zero-order chi connectivity index (χ0) is 29.8. The van der Waals surface area contributed by atoms with Crippen molar-refractivity contribution in [1.29, 1.82) is 0 Å². The first kappa shape index (κ1) is 30.2. The number of rotatable bonds is 3. The normalized spacial score (nSPS) is 16.9. The number of nitrogens with zero attached hydrogens (tertiary/aromatic N) is 3. The van der Waals surface area contributed by atoms with Crippen molar-refractivity contribution in [3.63, 3.8) is 0 Å². The predicted octanol–water partition coefficient (Wildman–Crippen LogP) is 3.93. The van der Waals surface area contributed by atoms with Crippen LogP contribution >= 0.6 is 11.6 Å². The molecule has 2 aliphatic heterocycles. The van der Waals surface area contributed by atoms with Crippen LogP contribution in [-0.2, 0) is 32.6 Å². The summed E-state index contributed by atoms with van der Waals surface area (Å²) in [4.78, 5) is 30.4. The van der Waals surface area contributed by atoms with E-state index in [1.807, 2.05) is 42.5 Å². The van der Waals surface area contributed by atoms with Gasteiger partial charge in [-0.05, 0) is 60.7 Å². The monoisotopic (exact) mass is 611 g/mol. The number of benzene rings is 2. The number of amides is 1. The first-order chi connectivity index (χ1) is 19.3. The number of aryl methyl sites for hydroxylation is 2. The fourth-order valence-corrected chi connectivity index (χ4v) is 5.16. The lowest BCUT2D eigenvalue weighted by atomic mass is 10.0. The van der Waals surface area contributed by atoms with E-state index in [2.05, 4.69) is 25.9 Å². The van der Waals surface area contributed by atoms with E-state index in [-0.39, 0.29) is 19.0 Å². The van der Waals surface area contributed by atoms with Gasteiger partial charge in [0.2, 0.25) is 18.1 Å². The van der Waals surface area contributed by atoms with Crippen molar-refractivity contribution in [3.8, 4) is 0 Å². The van der Waals surface area contributed by atoms with Crippen molar-refractivity contribution in [1.82, 2.24) is 14.3 Å². The first-order valence-electron chi connectivity index (χ1n) is 12.2. The van der Waals surface area contributed by atoms with Crippen molar-refractivity contribution in [2.75, 3.05) is 29.0 Å². The Balaban J connectivity index is 0.000000585. The third-order valence-electron chi connectivity index (χ3n) is 6.25. The van der Waals surface area contributed by atoms with Crippen molar-refractivity contribution < 1.29 is 31.2 Å². The van der Waals surface area contributed by atoms with Gasteiger partial charge in [0, 0.05) is 30.2 Å². The summed E-state index contributed by atoms with van der Waals surface area (Å²) in [5.74, 6) is 0.179. The molecule has 0 spiro atoms. The number of carbonyl (C=O) groups excluding carboxylic acids is 2. The topological polar surface area (TPSA) is 159 Å². The van der Waals surface area contributed by atoms with E-state index in [9.17, 15) is 26.4 Å². The van der Waals surface area contributed by atoms with Gasteiger partial charge in [-0.2, -0.15) is 30.9 Å². The highest BCUT2D eigenvalue weighted by molar-refractivity contribution is 7.86. The molecule has 11 nitrogen and oxygen atoms in total. The highest BCUT2D eigenvalue weighted by atomic mass is 35.5. The second-order valence-electron chi connectivity index (χ2n) is 9.25. The lowest BCUT2D eigenvalue weighted by molar-refractivity contribution is -0.156. The molecule has 0 radical (unpaired) electrons. The van der Waals surface area contributed by atoms with E-state index in [1.54, 1.807) is 0 Å². The molecule has 2 aromatic carbocycles. The molecule has 1 fully saturated rings. The summed E-state index contributed by atoms with van der Waals surface area (Å²) in [6, 6.07) is 13.6. The van der Waals surface area contributed by atoms with Crippen molar-refractivity contribution >= 4 is 62.8 Å². The average molecular weight is 612 g/mol. The Labute approximate surface area is 238 Å². The molecule has 0 unspecified atom stereocenters. The minimum atomic E-state index is -4.64. The summed E-state index contributed by atoms with van der Waals surface area (Å²) < 4.78 is 55.6. The molecule has 1 atom stereocenters. The Bertz CT molecular complexity index is 1560. The largest absolute Gasteiger partial charge is 0.446 e. The van der Waals surface area contributed by atoms with Gasteiger partial charge in [-0.1, -0.05) is 23.7 Å². The molecular formula is C25H25ClF3N7O4S. The van der Waals surface area contributed by atoms with Crippen LogP contribution in [0.5, 0.6) is 0 Å². The van der Waals surface area contributed by atoms with Gasteiger partial charge >= 0.3 is 6.18 Å². The SMILES string of the molecule is NS(=O)(=O)N1CC[C@@H](C(=O)Nc2ccc3cc2CCc2cccc(c2)Nc2ncc(Cl)c(n2)N3)C1.O=CC(F)(F)F. The number of hydrogen-bond acceptors (Lipinski definition) is 8. The Morgan fingerprint density at radius 3 is 2.56 bits per heavy atom. The molecule has 41 heavy (non-hydrogen) atoms. The third-order valence-corrected chi connectivity index (χ3v) is 7.58. The van der Waals surface area contributed by atoms with Gasteiger partial charge < -0.3 is 16.0 Å². The maximum absolute atomic E-state index is 13.0. The molecule has 0 saturated carbocycles. The van der Waals surface area contributed by atoms with E-state index >= 15 is 0 Å². The number of hydrogen-bond donors (Lipinski definition) is 4. The molecule has 5 rings (SSSR count). The van der Waals surface area contributed by atoms with Gasteiger partial charge in [0.1, 0.15) is 5.02 Å². The lowest BCUT2D eigenvalue weighted by Crippen LogP contribution is -2.36. The molecule has 1 amide bonds. The molecule has 5 N–H and O–H groups in total. The molecule has 2 aliphatic rings. The van der Waals surface area contributed by atoms with Crippen LogP contribution in [-0.4, -0.2) is 54.2 Å². The number of fused-ring (bicyclic) bond motifs is 6. The van der Waals surface area contributed by atoms with Crippen LogP contribution in [0.1, 0.15) is 17.5 Å². The van der Waals surface area contributed by atoms with Crippen LogP contribution in [0.4, 0.5) is 42.0 Å². The van der Waals surface area contributed by atoms with Crippen molar-refractivity contribution in [3.05, 3.63) is 64.8 Å². The van der Waals surface area contributed by atoms with Gasteiger partial charge in [0.15, 0.2) is 5.82 Å². The minimum Gasteiger partial charge on any atom is -0.339 e. The van der Waals surface area contributed by atoms with Crippen LogP contribution in [0.3, 0.4) is 0 Å². The van der Waals surface area contributed by atoms with Gasteiger partial charge in [-0.3, -0.25) is 9.59 Å². The minimum absolute atomic E-state index is 0.0774. The Morgan fingerprint density at radius 2 is 1.88 bits per heavy atom. The Morgan fingerprint density at radius 1 is 1.15 bits per heavy atom. The Kier molecular flexibility index (Phi) is 9.11. The number of carbonyl (C=O) groups is 2. The summed E-state index contributed by atoms with van der Waals surface area (Å²) in [6.07, 6.45) is -2.34. The van der Waals surface area contributed by atoms with E-state index in [0.717, 1.165) is 33.2 Å². The fourth-order valence-electron chi connectivity index (χ4n) is 4.27. The van der Waals surface area contributed by atoms with Gasteiger partial charge in [0.25, 0.3) is 10.2 Å². The van der Waals surface area contributed by atoms with Crippen LogP contribution in [0.25, 0.3) is 0 Å². The van der Waals surface area contributed by atoms with E-state index in [4.69, 9.17) is 21.5 Å². The molecular weight excluding hydrogens is 587 g/mol. The van der Waals surface area contributed by atoms with E-state index in [0.29, 0.717) is 35.3 Å². The van der Waals surface area contributed by atoms with E-state index in [1.165, 1.54) is 6.20 Å².